The topological polar surface area (TPSA) is 63.7 Å². The number of hydrogen-bond acceptors (Lipinski definition) is 5. The van der Waals surface area contributed by atoms with Crippen molar-refractivity contribution < 1.29 is 19.1 Å². The number of nitrogens with zero attached hydrogens (tertiary/aromatic N) is 1. The molecule has 0 N–H and O–H groups in total. The quantitative estimate of drug-likeness (QED) is 0.519. The first-order chi connectivity index (χ1) is 13.5. The Morgan fingerprint density at radius 2 is 1.93 bits per heavy atom. The van der Waals surface area contributed by atoms with Crippen molar-refractivity contribution >= 4 is 29.0 Å². The summed E-state index contributed by atoms with van der Waals surface area (Å²) >= 11 is 1.42. The third kappa shape index (κ3) is 4.87. The average molecular weight is 400 g/mol. The van der Waals surface area contributed by atoms with Crippen LogP contribution in [-0.4, -0.2) is 36.2 Å². The van der Waals surface area contributed by atoms with Gasteiger partial charge >= 0.3 is 5.97 Å². The van der Waals surface area contributed by atoms with Gasteiger partial charge in [-0.05, 0) is 49.4 Å². The number of fused-ring (bicyclic) bond motifs is 1. The van der Waals surface area contributed by atoms with Crippen LogP contribution < -0.4 is 0 Å². The molecule has 0 fully saturated rings. The van der Waals surface area contributed by atoms with Crippen molar-refractivity contribution in [2.75, 3.05) is 13.7 Å². The zero-order valence-corrected chi connectivity index (χ0v) is 17.1. The number of ether oxygens (including phenoxy) is 1. The number of carbonyl (C=O) groups is 3. The molecule has 0 bridgehead atoms. The number of benzene rings is 1. The smallest absolute Gasteiger partial charge is 0.306 e. The summed E-state index contributed by atoms with van der Waals surface area (Å²) in [6, 6.07) is 11.8. The normalized spacial score (nSPS) is 15.6. The molecule has 2 aromatic rings. The number of hydrogen-bond donors (Lipinski definition) is 0. The molecule has 1 atom stereocenters. The second kappa shape index (κ2) is 9.15. The molecule has 0 saturated heterocycles. The number of Topliss-reactive ketones (excluding diaryl/α,β-unsaturated/α-hetero) is 1. The summed E-state index contributed by atoms with van der Waals surface area (Å²) in [5, 5.41) is 0. The van der Waals surface area contributed by atoms with E-state index in [0.717, 1.165) is 24.1 Å². The molecular weight excluding hydrogens is 374 g/mol. The summed E-state index contributed by atoms with van der Waals surface area (Å²) in [6.07, 6.45) is 3.05. The van der Waals surface area contributed by atoms with Crippen molar-refractivity contribution in [1.29, 1.82) is 0 Å². The molecule has 6 heteroatoms. The van der Waals surface area contributed by atoms with Crippen LogP contribution in [0.25, 0.3) is 0 Å². The molecule has 0 aliphatic heterocycles. The summed E-state index contributed by atoms with van der Waals surface area (Å²) in [6.45, 7) is 1.64. The van der Waals surface area contributed by atoms with Crippen LogP contribution in [0.4, 0.5) is 0 Å². The average Bonchev–Trinajstić information content (AvgIpc) is 3.15. The summed E-state index contributed by atoms with van der Waals surface area (Å²) in [4.78, 5) is 39.9. The molecule has 1 heterocycles. The second-order valence-corrected chi connectivity index (χ2v) is 8.39. The van der Waals surface area contributed by atoms with Crippen LogP contribution in [-0.2, 0) is 20.7 Å². The molecule has 0 saturated carbocycles. The third-order valence-electron chi connectivity index (χ3n) is 5.13. The maximum Gasteiger partial charge on any atom is 0.306 e. The van der Waals surface area contributed by atoms with Crippen LogP contribution >= 0.6 is 11.3 Å². The first-order valence-corrected chi connectivity index (χ1v) is 10.4. The van der Waals surface area contributed by atoms with Crippen LogP contribution in [0.1, 0.15) is 57.4 Å². The van der Waals surface area contributed by atoms with Gasteiger partial charge in [0.05, 0.1) is 17.3 Å². The molecule has 28 heavy (non-hydrogen) atoms. The van der Waals surface area contributed by atoms with E-state index in [4.69, 9.17) is 4.74 Å². The van der Waals surface area contributed by atoms with E-state index in [1.807, 2.05) is 25.1 Å². The fourth-order valence-corrected chi connectivity index (χ4v) is 4.38. The van der Waals surface area contributed by atoms with E-state index in [1.54, 1.807) is 18.0 Å². The summed E-state index contributed by atoms with van der Waals surface area (Å²) in [5.41, 5.74) is 2.45. The Morgan fingerprint density at radius 3 is 2.68 bits per heavy atom. The highest BCUT2D eigenvalue weighted by Crippen LogP contribution is 2.33. The van der Waals surface area contributed by atoms with Gasteiger partial charge in [0.15, 0.2) is 12.4 Å². The van der Waals surface area contributed by atoms with Crippen LogP contribution in [0.3, 0.4) is 0 Å². The molecule has 1 aliphatic rings. The minimum absolute atomic E-state index is 0.0137. The lowest BCUT2D eigenvalue weighted by Gasteiger charge is -2.33. The van der Waals surface area contributed by atoms with Gasteiger partial charge in [-0.3, -0.25) is 14.4 Å². The number of aryl methyl sites for hydroxylation is 2. The fraction of sp³-hybridized carbons (Fsp3) is 0.409. The Kier molecular flexibility index (Phi) is 6.62. The maximum atomic E-state index is 12.5. The predicted molar refractivity (Wildman–Crippen MR) is 108 cm³/mol. The van der Waals surface area contributed by atoms with Crippen molar-refractivity contribution in [2.24, 2.45) is 0 Å². The second-order valence-electron chi connectivity index (χ2n) is 7.11. The Balaban J connectivity index is 1.47. The lowest BCUT2D eigenvalue weighted by Crippen LogP contribution is -2.36. The fourth-order valence-electron chi connectivity index (χ4n) is 3.54. The molecule has 5 nitrogen and oxygen atoms in total. The summed E-state index contributed by atoms with van der Waals surface area (Å²) in [5.74, 6) is -0.819. The van der Waals surface area contributed by atoms with Crippen molar-refractivity contribution in [2.45, 2.75) is 45.1 Å². The van der Waals surface area contributed by atoms with E-state index < -0.39 is 5.97 Å². The van der Waals surface area contributed by atoms with Gasteiger partial charge in [-0.15, -0.1) is 11.3 Å². The van der Waals surface area contributed by atoms with E-state index >= 15 is 0 Å². The van der Waals surface area contributed by atoms with Crippen molar-refractivity contribution in [3.8, 4) is 0 Å². The van der Waals surface area contributed by atoms with Gasteiger partial charge in [0.1, 0.15) is 0 Å². The van der Waals surface area contributed by atoms with Gasteiger partial charge in [0.25, 0.3) is 5.91 Å². The zero-order valence-electron chi connectivity index (χ0n) is 16.3. The van der Waals surface area contributed by atoms with Gasteiger partial charge in [0.2, 0.25) is 0 Å². The Labute approximate surface area is 169 Å². The molecule has 3 rings (SSSR count). The monoisotopic (exact) mass is 399 g/mol. The van der Waals surface area contributed by atoms with E-state index in [9.17, 15) is 14.4 Å². The van der Waals surface area contributed by atoms with E-state index in [2.05, 4.69) is 12.1 Å². The number of carbonyl (C=O) groups excluding carboxylic acids is 3. The highest BCUT2D eigenvalue weighted by atomic mass is 32.1. The lowest BCUT2D eigenvalue weighted by molar-refractivity contribution is -0.152. The first-order valence-electron chi connectivity index (χ1n) is 9.54. The highest BCUT2D eigenvalue weighted by molar-refractivity contribution is 7.14. The van der Waals surface area contributed by atoms with Crippen LogP contribution in [0.15, 0.2) is 36.4 Å². The Hall–Kier alpha value is -2.47. The summed E-state index contributed by atoms with van der Waals surface area (Å²) in [7, 11) is 1.76. The standard InChI is InChI=1S/C22H25NO4S/c1-15-10-12-20(28-15)19(24)11-13-22(26)27-14-21(25)23(2)18-9-5-7-16-6-3-4-8-17(16)18/h3-4,6,8,10,12,18H,5,7,9,11,13-14H2,1-2H3/t18-/m0/s1. The van der Waals surface area contributed by atoms with E-state index in [1.165, 1.54) is 22.5 Å². The summed E-state index contributed by atoms with van der Waals surface area (Å²) < 4.78 is 5.12. The number of likely N-dealkylation sites (N-methyl/N-ethyl adjacent to an activating group) is 1. The molecule has 148 valence electrons. The SMILES string of the molecule is Cc1ccc(C(=O)CCC(=O)OCC(=O)N(C)[C@H]2CCCc3ccccc32)s1. The molecular formula is C22H25NO4S. The molecule has 0 radical (unpaired) electrons. The molecule has 0 unspecified atom stereocenters. The van der Waals surface area contributed by atoms with Gasteiger partial charge in [-0.2, -0.15) is 0 Å². The largest absolute Gasteiger partial charge is 0.456 e. The third-order valence-corrected chi connectivity index (χ3v) is 6.17. The Bertz CT molecular complexity index is 873. The van der Waals surface area contributed by atoms with Gasteiger partial charge in [-0.1, -0.05) is 24.3 Å². The molecule has 1 aromatic carbocycles. The maximum absolute atomic E-state index is 12.5. The van der Waals surface area contributed by atoms with E-state index in [-0.39, 0.29) is 37.2 Å². The predicted octanol–water partition coefficient (Wildman–Crippen LogP) is 4.10. The highest BCUT2D eigenvalue weighted by Gasteiger charge is 2.27. The minimum Gasteiger partial charge on any atom is -0.456 e. The van der Waals surface area contributed by atoms with Gasteiger partial charge in [0, 0.05) is 18.3 Å². The molecule has 1 aliphatic carbocycles. The lowest BCUT2D eigenvalue weighted by atomic mass is 9.87. The van der Waals surface area contributed by atoms with Crippen LogP contribution in [0.5, 0.6) is 0 Å². The van der Waals surface area contributed by atoms with Gasteiger partial charge < -0.3 is 9.64 Å². The minimum atomic E-state index is -0.521. The molecule has 1 amide bonds. The molecule has 1 aromatic heterocycles. The number of thiophene rings is 1. The van der Waals surface area contributed by atoms with Crippen molar-refractivity contribution in [1.82, 2.24) is 4.90 Å². The first kappa shape index (κ1) is 20.3. The number of esters is 1. The number of amides is 1. The van der Waals surface area contributed by atoms with Crippen LogP contribution in [0, 0.1) is 6.92 Å². The van der Waals surface area contributed by atoms with Crippen LogP contribution in [0.2, 0.25) is 0 Å². The number of rotatable bonds is 7. The van der Waals surface area contributed by atoms with Crippen molar-refractivity contribution in [3.63, 3.8) is 0 Å². The Morgan fingerprint density at radius 1 is 1.14 bits per heavy atom. The van der Waals surface area contributed by atoms with Gasteiger partial charge in [-0.25, -0.2) is 0 Å². The number of ketones is 1. The van der Waals surface area contributed by atoms with E-state index in [0.29, 0.717) is 4.88 Å². The van der Waals surface area contributed by atoms with Crippen molar-refractivity contribution in [3.05, 3.63) is 57.3 Å². The molecule has 0 spiro atoms. The zero-order chi connectivity index (χ0) is 20.1.